The van der Waals surface area contributed by atoms with E-state index in [1.54, 1.807) is 21.3 Å². The molecule has 0 saturated carbocycles. The molecule has 4 heteroatoms. The van der Waals surface area contributed by atoms with Crippen LogP contribution in [-0.2, 0) is 0 Å². The fourth-order valence-corrected chi connectivity index (χ4v) is 2.17. The van der Waals surface area contributed by atoms with Gasteiger partial charge in [-0.1, -0.05) is 12.1 Å². The summed E-state index contributed by atoms with van der Waals surface area (Å²) in [5, 5.41) is 3.45. The second-order valence-electron chi connectivity index (χ2n) is 4.71. The summed E-state index contributed by atoms with van der Waals surface area (Å²) in [4.78, 5) is 0. The molecule has 0 spiro atoms. The first-order valence-electron chi connectivity index (χ1n) is 6.80. The van der Waals surface area contributed by atoms with E-state index in [0.717, 1.165) is 28.5 Å². The lowest BCUT2D eigenvalue weighted by Gasteiger charge is -2.18. The third-order valence-electron chi connectivity index (χ3n) is 3.36. The maximum absolute atomic E-state index is 5.34. The summed E-state index contributed by atoms with van der Waals surface area (Å²) < 4.78 is 15.8. The largest absolute Gasteiger partial charge is 0.497 e. The van der Waals surface area contributed by atoms with Crippen LogP contribution in [0.5, 0.6) is 17.2 Å². The number of hydrogen-bond donors (Lipinski definition) is 1. The third-order valence-corrected chi connectivity index (χ3v) is 3.36. The first-order valence-corrected chi connectivity index (χ1v) is 6.80. The van der Waals surface area contributed by atoms with E-state index in [1.165, 1.54) is 0 Å². The van der Waals surface area contributed by atoms with Gasteiger partial charge in [0.1, 0.15) is 5.75 Å². The molecular weight excluding hydrogens is 266 g/mol. The smallest absolute Gasteiger partial charge is 0.161 e. The van der Waals surface area contributed by atoms with E-state index in [-0.39, 0.29) is 6.04 Å². The van der Waals surface area contributed by atoms with Crippen LogP contribution in [-0.4, -0.2) is 21.3 Å². The number of rotatable bonds is 6. The van der Waals surface area contributed by atoms with Crippen LogP contribution in [0.25, 0.3) is 0 Å². The van der Waals surface area contributed by atoms with Gasteiger partial charge in [-0.15, -0.1) is 0 Å². The summed E-state index contributed by atoms with van der Waals surface area (Å²) in [6, 6.07) is 13.9. The average Bonchev–Trinajstić information content (AvgIpc) is 2.54. The molecule has 0 aromatic heterocycles. The van der Waals surface area contributed by atoms with Crippen LogP contribution in [0, 0.1) is 0 Å². The van der Waals surface area contributed by atoms with Gasteiger partial charge < -0.3 is 19.5 Å². The molecule has 1 atom stereocenters. The Morgan fingerprint density at radius 3 is 2.29 bits per heavy atom. The third kappa shape index (κ3) is 3.60. The molecule has 0 aliphatic rings. The fourth-order valence-electron chi connectivity index (χ4n) is 2.17. The van der Waals surface area contributed by atoms with Crippen molar-refractivity contribution >= 4 is 5.69 Å². The van der Waals surface area contributed by atoms with Gasteiger partial charge in [-0.3, -0.25) is 0 Å². The molecular formula is C17H21NO3. The van der Waals surface area contributed by atoms with Crippen molar-refractivity contribution in [3.63, 3.8) is 0 Å². The van der Waals surface area contributed by atoms with Crippen LogP contribution >= 0.6 is 0 Å². The number of benzene rings is 2. The maximum atomic E-state index is 5.34. The van der Waals surface area contributed by atoms with E-state index in [9.17, 15) is 0 Å². The average molecular weight is 287 g/mol. The van der Waals surface area contributed by atoms with E-state index in [2.05, 4.69) is 12.2 Å². The second kappa shape index (κ2) is 6.88. The molecule has 0 saturated heterocycles. The number of ether oxygens (including phenoxy) is 3. The Morgan fingerprint density at radius 1 is 0.857 bits per heavy atom. The van der Waals surface area contributed by atoms with Gasteiger partial charge in [0.25, 0.3) is 0 Å². The fraction of sp³-hybridized carbons (Fsp3) is 0.294. The van der Waals surface area contributed by atoms with Crippen molar-refractivity contribution in [1.29, 1.82) is 0 Å². The highest BCUT2D eigenvalue weighted by Crippen LogP contribution is 2.31. The predicted molar refractivity (Wildman–Crippen MR) is 84.6 cm³/mol. The summed E-state index contributed by atoms with van der Waals surface area (Å²) >= 11 is 0. The molecule has 2 aromatic rings. The monoisotopic (exact) mass is 287 g/mol. The Morgan fingerprint density at radius 2 is 1.62 bits per heavy atom. The van der Waals surface area contributed by atoms with Gasteiger partial charge in [0, 0.05) is 17.8 Å². The molecule has 2 aromatic carbocycles. The normalized spacial score (nSPS) is 11.6. The molecule has 1 unspecified atom stereocenters. The van der Waals surface area contributed by atoms with E-state index < -0.39 is 0 Å². The zero-order valence-corrected chi connectivity index (χ0v) is 12.8. The Labute approximate surface area is 125 Å². The van der Waals surface area contributed by atoms with Crippen molar-refractivity contribution in [3.05, 3.63) is 48.0 Å². The standard InChI is InChI=1S/C17H21NO3/c1-12(18-14-6-5-7-15(11-14)19-2)13-8-9-16(20-3)17(10-13)21-4/h5-12,18H,1-4H3. The Kier molecular flexibility index (Phi) is 4.93. The van der Waals surface area contributed by atoms with Gasteiger partial charge in [0.15, 0.2) is 11.5 Å². The van der Waals surface area contributed by atoms with Crippen molar-refractivity contribution in [3.8, 4) is 17.2 Å². The minimum atomic E-state index is 0.136. The van der Waals surface area contributed by atoms with Gasteiger partial charge in [-0.2, -0.15) is 0 Å². The maximum Gasteiger partial charge on any atom is 0.161 e. The van der Waals surface area contributed by atoms with Crippen LogP contribution in [0.1, 0.15) is 18.5 Å². The second-order valence-corrected chi connectivity index (χ2v) is 4.71. The highest BCUT2D eigenvalue weighted by atomic mass is 16.5. The zero-order valence-electron chi connectivity index (χ0n) is 12.8. The molecule has 1 N–H and O–H groups in total. The van der Waals surface area contributed by atoms with Crippen LogP contribution in [0.15, 0.2) is 42.5 Å². The van der Waals surface area contributed by atoms with Crippen molar-refractivity contribution in [2.24, 2.45) is 0 Å². The van der Waals surface area contributed by atoms with Crippen molar-refractivity contribution in [2.75, 3.05) is 26.6 Å². The number of nitrogens with one attached hydrogen (secondary N) is 1. The Balaban J connectivity index is 2.17. The minimum Gasteiger partial charge on any atom is -0.497 e. The Bertz CT molecular complexity index is 598. The summed E-state index contributed by atoms with van der Waals surface area (Å²) in [6.45, 7) is 2.10. The number of hydrogen-bond acceptors (Lipinski definition) is 4. The van der Waals surface area contributed by atoms with Crippen LogP contribution in [0.2, 0.25) is 0 Å². The molecule has 112 valence electrons. The molecule has 0 fully saturated rings. The molecule has 4 nitrogen and oxygen atoms in total. The summed E-state index contributed by atoms with van der Waals surface area (Å²) in [5.74, 6) is 2.30. The van der Waals surface area contributed by atoms with Gasteiger partial charge >= 0.3 is 0 Å². The lowest BCUT2D eigenvalue weighted by atomic mass is 10.1. The SMILES string of the molecule is COc1cccc(NC(C)c2ccc(OC)c(OC)c2)c1. The van der Waals surface area contributed by atoms with Gasteiger partial charge in [-0.25, -0.2) is 0 Å². The molecule has 0 heterocycles. The Hall–Kier alpha value is -2.36. The highest BCUT2D eigenvalue weighted by Gasteiger charge is 2.10. The van der Waals surface area contributed by atoms with E-state index >= 15 is 0 Å². The number of anilines is 1. The highest BCUT2D eigenvalue weighted by molar-refractivity contribution is 5.51. The zero-order chi connectivity index (χ0) is 15.2. The molecule has 21 heavy (non-hydrogen) atoms. The van der Waals surface area contributed by atoms with Gasteiger partial charge in [-0.05, 0) is 36.8 Å². The number of methoxy groups -OCH3 is 3. The lowest BCUT2D eigenvalue weighted by Crippen LogP contribution is -2.07. The van der Waals surface area contributed by atoms with Crippen molar-refractivity contribution < 1.29 is 14.2 Å². The van der Waals surface area contributed by atoms with Gasteiger partial charge in [0.05, 0.1) is 21.3 Å². The van der Waals surface area contributed by atoms with Crippen LogP contribution in [0.4, 0.5) is 5.69 Å². The van der Waals surface area contributed by atoms with Gasteiger partial charge in [0.2, 0.25) is 0 Å². The van der Waals surface area contributed by atoms with E-state index in [0.29, 0.717) is 0 Å². The molecule has 0 aliphatic carbocycles. The predicted octanol–water partition coefficient (Wildman–Crippen LogP) is 3.89. The molecule has 0 radical (unpaired) electrons. The molecule has 0 bridgehead atoms. The summed E-state index contributed by atoms with van der Waals surface area (Å²) in [5.41, 5.74) is 2.13. The lowest BCUT2D eigenvalue weighted by molar-refractivity contribution is 0.354. The molecule has 2 rings (SSSR count). The minimum absolute atomic E-state index is 0.136. The van der Waals surface area contributed by atoms with Crippen LogP contribution in [0.3, 0.4) is 0 Å². The summed E-state index contributed by atoms with van der Waals surface area (Å²) in [7, 11) is 4.94. The quantitative estimate of drug-likeness (QED) is 0.875. The topological polar surface area (TPSA) is 39.7 Å². The summed E-state index contributed by atoms with van der Waals surface area (Å²) in [6.07, 6.45) is 0. The van der Waals surface area contributed by atoms with Crippen molar-refractivity contribution in [1.82, 2.24) is 0 Å². The first-order chi connectivity index (χ1) is 10.2. The van der Waals surface area contributed by atoms with Crippen molar-refractivity contribution in [2.45, 2.75) is 13.0 Å². The molecule has 0 amide bonds. The van der Waals surface area contributed by atoms with E-state index in [4.69, 9.17) is 14.2 Å². The molecule has 0 aliphatic heterocycles. The van der Waals surface area contributed by atoms with Crippen LogP contribution < -0.4 is 19.5 Å². The first kappa shape index (κ1) is 15.0. The van der Waals surface area contributed by atoms with E-state index in [1.807, 2.05) is 42.5 Å².